The molecule has 1 aliphatic heterocycles. The number of hydrogen-bond acceptors (Lipinski definition) is 5. The van der Waals surface area contributed by atoms with Gasteiger partial charge in [0.05, 0.1) is 12.2 Å². The lowest BCUT2D eigenvalue weighted by Gasteiger charge is -2.19. The molecule has 0 amide bonds. The van der Waals surface area contributed by atoms with E-state index in [0.717, 1.165) is 41.3 Å². The summed E-state index contributed by atoms with van der Waals surface area (Å²) in [6, 6.07) is 20.2. The summed E-state index contributed by atoms with van der Waals surface area (Å²) in [7, 11) is 0. The predicted octanol–water partition coefficient (Wildman–Crippen LogP) is 5.92. The van der Waals surface area contributed by atoms with Gasteiger partial charge in [-0.3, -0.25) is 0 Å². The van der Waals surface area contributed by atoms with Gasteiger partial charge in [0.2, 0.25) is 0 Å². The van der Waals surface area contributed by atoms with Gasteiger partial charge in [-0.25, -0.2) is 4.79 Å². The Morgan fingerprint density at radius 1 is 0.892 bits per heavy atom. The van der Waals surface area contributed by atoms with E-state index in [-0.39, 0.29) is 25.6 Å². The lowest BCUT2D eigenvalue weighted by molar-refractivity contribution is -0.150. The number of hydrogen-bond donors (Lipinski definition) is 1. The van der Waals surface area contributed by atoms with Gasteiger partial charge in [-0.05, 0) is 59.0 Å². The van der Waals surface area contributed by atoms with E-state index < -0.39 is 17.7 Å². The number of carbonyl (C=O) groups is 1. The second-order valence-corrected chi connectivity index (χ2v) is 8.60. The Hall–Kier alpha value is -3.62. The normalized spacial score (nSPS) is 13.6. The molecule has 1 N–H and O–H groups in total. The van der Waals surface area contributed by atoms with Crippen molar-refractivity contribution in [1.82, 2.24) is 5.32 Å². The first kappa shape index (κ1) is 26.4. The van der Waals surface area contributed by atoms with Crippen LogP contribution in [0.3, 0.4) is 0 Å². The predicted molar refractivity (Wildman–Crippen MR) is 134 cm³/mol. The van der Waals surface area contributed by atoms with Crippen LogP contribution in [-0.2, 0) is 40.3 Å². The maximum atomic E-state index is 13.3. The summed E-state index contributed by atoms with van der Waals surface area (Å²) in [4.78, 5) is 12.2. The molecule has 5 nitrogen and oxygen atoms in total. The first-order valence-corrected chi connectivity index (χ1v) is 12.0. The Kier molecular flexibility index (Phi) is 8.98. The van der Waals surface area contributed by atoms with Crippen LogP contribution in [0.5, 0.6) is 5.75 Å². The summed E-state index contributed by atoms with van der Waals surface area (Å²) in [6.07, 6.45) is -1.65. The summed E-state index contributed by atoms with van der Waals surface area (Å²) in [5, 5.41) is 3.26. The zero-order chi connectivity index (χ0) is 26.1. The molecule has 0 unspecified atom stereocenters. The van der Waals surface area contributed by atoms with E-state index >= 15 is 0 Å². The molecule has 3 aromatic carbocycles. The topological polar surface area (TPSA) is 56.8 Å². The van der Waals surface area contributed by atoms with Gasteiger partial charge < -0.3 is 19.5 Å². The van der Waals surface area contributed by atoms with Crippen LogP contribution in [0.4, 0.5) is 13.2 Å². The molecule has 4 rings (SSSR count). The molecule has 0 fully saturated rings. The Bertz CT molecular complexity index is 1230. The van der Waals surface area contributed by atoms with Crippen LogP contribution in [0.15, 0.2) is 78.9 Å². The Morgan fingerprint density at radius 3 is 2.43 bits per heavy atom. The average Bonchev–Trinajstić information content (AvgIpc) is 2.91. The van der Waals surface area contributed by atoms with Crippen LogP contribution in [0.2, 0.25) is 0 Å². The van der Waals surface area contributed by atoms with Crippen LogP contribution in [0.25, 0.3) is 5.57 Å². The molecular formula is C29H28F3NO4. The van der Waals surface area contributed by atoms with E-state index in [1.807, 2.05) is 42.5 Å². The van der Waals surface area contributed by atoms with Crippen molar-refractivity contribution in [2.75, 3.05) is 19.7 Å². The molecule has 0 spiro atoms. The molecule has 0 saturated heterocycles. The van der Waals surface area contributed by atoms with Crippen molar-refractivity contribution >= 4 is 11.5 Å². The van der Waals surface area contributed by atoms with Crippen LogP contribution >= 0.6 is 0 Å². The fraction of sp³-hybridized carbons (Fsp3) is 0.276. The number of esters is 1. The third kappa shape index (κ3) is 7.68. The average molecular weight is 512 g/mol. The zero-order valence-electron chi connectivity index (χ0n) is 20.2. The Morgan fingerprint density at radius 2 is 1.68 bits per heavy atom. The smallest absolute Gasteiger partial charge is 0.419 e. The van der Waals surface area contributed by atoms with Crippen molar-refractivity contribution in [3.05, 3.63) is 107 Å². The highest BCUT2D eigenvalue weighted by Gasteiger charge is 2.34. The number of para-hydroxylation sites is 1. The maximum Gasteiger partial charge on any atom is 0.419 e. The number of carbonyl (C=O) groups excluding carboxylic acids is 1. The molecule has 0 bridgehead atoms. The molecule has 8 heteroatoms. The van der Waals surface area contributed by atoms with Crippen molar-refractivity contribution in [1.29, 1.82) is 0 Å². The molecular weight excluding hydrogens is 483 g/mol. The van der Waals surface area contributed by atoms with Crippen molar-refractivity contribution in [3.8, 4) is 5.75 Å². The minimum absolute atomic E-state index is 0.0288. The second kappa shape index (κ2) is 12.6. The maximum absolute atomic E-state index is 13.3. The number of halogens is 3. The highest BCUT2D eigenvalue weighted by Crippen LogP contribution is 2.36. The molecule has 194 valence electrons. The zero-order valence-corrected chi connectivity index (χ0v) is 20.2. The van der Waals surface area contributed by atoms with Gasteiger partial charge in [-0.1, -0.05) is 60.7 Å². The van der Waals surface area contributed by atoms with E-state index in [9.17, 15) is 18.0 Å². The molecule has 1 heterocycles. The van der Waals surface area contributed by atoms with Gasteiger partial charge in [0.1, 0.15) is 25.6 Å². The van der Waals surface area contributed by atoms with E-state index in [0.29, 0.717) is 18.7 Å². The number of nitrogens with one attached hydrogen (secondary N) is 1. The van der Waals surface area contributed by atoms with Crippen LogP contribution in [0, 0.1) is 0 Å². The van der Waals surface area contributed by atoms with E-state index in [2.05, 4.69) is 11.4 Å². The van der Waals surface area contributed by atoms with Crippen LogP contribution in [-0.4, -0.2) is 25.7 Å². The highest BCUT2D eigenvalue weighted by molar-refractivity contribution is 5.72. The molecule has 1 aliphatic rings. The monoisotopic (exact) mass is 511 g/mol. The lowest BCUT2D eigenvalue weighted by atomic mass is 9.94. The molecule has 0 aliphatic carbocycles. The summed E-state index contributed by atoms with van der Waals surface area (Å²) in [5.74, 6) is -0.691. The van der Waals surface area contributed by atoms with Gasteiger partial charge in [0, 0.05) is 6.54 Å². The SMILES string of the molecule is O=C(COCc1ccccc1)OCc1ccc(COc2ccccc2C(F)(F)F)cc1C1=CCNCC1. The first-order valence-electron chi connectivity index (χ1n) is 12.0. The van der Waals surface area contributed by atoms with Crippen LogP contribution in [0.1, 0.15) is 34.2 Å². The lowest BCUT2D eigenvalue weighted by Crippen LogP contribution is -2.20. The van der Waals surface area contributed by atoms with Gasteiger partial charge in [-0.15, -0.1) is 0 Å². The Labute approximate surface area is 213 Å². The van der Waals surface area contributed by atoms with E-state index in [4.69, 9.17) is 14.2 Å². The summed E-state index contributed by atoms with van der Waals surface area (Å²) in [5.41, 5.74) is 3.66. The fourth-order valence-electron chi connectivity index (χ4n) is 4.02. The van der Waals surface area contributed by atoms with Gasteiger partial charge in [-0.2, -0.15) is 13.2 Å². The molecule has 0 saturated carbocycles. The van der Waals surface area contributed by atoms with Gasteiger partial charge >= 0.3 is 12.1 Å². The second-order valence-electron chi connectivity index (χ2n) is 8.60. The first-order chi connectivity index (χ1) is 17.9. The summed E-state index contributed by atoms with van der Waals surface area (Å²) in [6.45, 7) is 1.69. The van der Waals surface area contributed by atoms with E-state index in [1.165, 1.54) is 18.2 Å². The molecule has 37 heavy (non-hydrogen) atoms. The van der Waals surface area contributed by atoms with Crippen molar-refractivity contribution < 1.29 is 32.2 Å². The minimum Gasteiger partial charge on any atom is -0.488 e. The van der Waals surface area contributed by atoms with Crippen molar-refractivity contribution in [2.24, 2.45) is 0 Å². The fourth-order valence-corrected chi connectivity index (χ4v) is 4.02. The molecule has 0 aromatic heterocycles. The highest BCUT2D eigenvalue weighted by atomic mass is 19.4. The quantitative estimate of drug-likeness (QED) is 0.343. The number of alkyl halides is 3. The molecule has 0 radical (unpaired) electrons. The summed E-state index contributed by atoms with van der Waals surface area (Å²) >= 11 is 0. The van der Waals surface area contributed by atoms with Gasteiger partial charge in [0.25, 0.3) is 0 Å². The summed E-state index contributed by atoms with van der Waals surface area (Å²) < 4.78 is 56.4. The van der Waals surface area contributed by atoms with Crippen LogP contribution < -0.4 is 10.1 Å². The van der Waals surface area contributed by atoms with Gasteiger partial charge in [0.15, 0.2) is 0 Å². The van der Waals surface area contributed by atoms with E-state index in [1.54, 1.807) is 6.07 Å². The largest absolute Gasteiger partial charge is 0.488 e. The van der Waals surface area contributed by atoms with Crippen molar-refractivity contribution in [2.45, 2.75) is 32.4 Å². The van der Waals surface area contributed by atoms with Crippen molar-refractivity contribution in [3.63, 3.8) is 0 Å². The minimum atomic E-state index is -4.50. The standard InChI is InChI=1S/C29H28F3NO4/c30-29(31,32)26-8-4-5-9-27(26)36-18-22-10-11-24(25(16-22)23-12-14-33-15-13-23)19-37-28(34)20-35-17-21-6-2-1-3-7-21/h1-12,16,33H,13-15,17-20H2. The third-order valence-corrected chi connectivity index (χ3v) is 5.89. The number of rotatable bonds is 10. The molecule has 3 aromatic rings. The Balaban J connectivity index is 1.41. The molecule has 0 atom stereocenters. The third-order valence-electron chi connectivity index (χ3n) is 5.89. The number of ether oxygens (including phenoxy) is 3. The number of benzene rings is 3.